The quantitative estimate of drug-likeness (QED) is 0.254. The normalized spacial score (nSPS) is 12.1. The molecule has 6 nitrogen and oxygen atoms in total. The molecule has 170 valence electrons. The van der Waals surface area contributed by atoms with Gasteiger partial charge in [-0.25, -0.2) is 15.0 Å². The fraction of sp³-hybridized carbons (Fsp3) is 0.160. The summed E-state index contributed by atoms with van der Waals surface area (Å²) in [5.74, 6) is 0. The van der Waals surface area contributed by atoms with Crippen LogP contribution in [0.5, 0.6) is 0 Å². The number of fused-ring (bicyclic) bond motifs is 3. The second-order valence-electron chi connectivity index (χ2n) is 8.57. The minimum atomic E-state index is -0.373. The molecule has 34 heavy (non-hydrogen) atoms. The molecule has 0 saturated carbocycles. The van der Waals surface area contributed by atoms with E-state index in [1.54, 1.807) is 0 Å². The smallest absolute Gasteiger partial charge is 0.196 e. The van der Waals surface area contributed by atoms with Crippen molar-refractivity contribution in [1.82, 2.24) is 28.7 Å². The average Bonchev–Trinajstić information content (AvgIpc) is 3.49. The van der Waals surface area contributed by atoms with Crippen LogP contribution in [0.3, 0.4) is 0 Å². The molecule has 0 spiro atoms. The molecule has 0 radical (unpaired) electrons. The van der Waals surface area contributed by atoms with Gasteiger partial charge < -0.3 is 0 Å². The number of aryl methyl sites for hydroxylation is 3. The molecular formula is C25H19Cl3N6. The molecule has 0 aliphatic heterocycles. The molecule has 0 bridgehead atoms. The van der Waals surface area contributed by atoms with Crippen LogP contribution in [0.25, 0.3) is 33.1 Å². The van der Waals surface area contributed by atoms with Crippen LogP contribution in [0.15, 0.2) is 55.4 Å². The van der Waals surface area contributed by atoms with Gasteiger partial charge in [0.25, 0.3) is 0 Å². The molecule has 0 N–H and O–H groups in total. The minimum absolute atomic E-state index is 0.373. The summed E-state index contributed by atoms with van der Waals surface area (Å²) in [5.41, 5.74) is 8.22. The highest BCUT2D eigenvalue weighted by Gasteiger charge is 2.23. The highest BCUT2D eigenvalue weighted by atomic mass is 35.5. The first-order chi connectivity index (χ1) is 16.3. The Morgan fingerprint density at radius 1 is 0.529 bits per heavy atom. The summed E-state index contributed by atoms with van der Waals surface area (Å²) in [6, 6.07) is 11.9. The first-order valence-corrected chi connectivity index (χ1v) is 11.8. The number of rotatable bonds is 3. The number of nitrogens with zero attached hydrogens (tertiary/aromatic N) is 6. The van der Waals surface area contributed by atoms with Crippen LogP contribution in [-0.2, 0) is 0 Å². The summed E-state index contributed by atoms with van der Waals surface area (Å²) >= 11 is 19.2. The van der Waals surface area contributed by atoms with Crippen LogP contribution in [0.1, 0.15) is 23.0 Å². The summed E-state index contributed by atoms with van der Waals surface area (Å²) in [4.78, 5) is 14.0. The fourth-order valence-corrected chi connectivity index (χ4v) is 4.89. The molecule has 3 aromatic carbocycles. The first-order valence-electron chi connectivity index (χ1n) is 10.7. The SMILES string of the molecule is Cc1cc2c(cc1Cl)ncn2C(n1cnc2cc(Cl)c(C)cc21)n1cnc2cc(Cl)c(C)cc21. The third-order valence-electron chi connectivity index (χ3n) is 6.31. The van der Waals surface area contributed by atoms with Gasteiger partial charge >= 0.3 is 0 Å². The van der Waals surface area contributed by atoms with Gasteiger partial charge in [-0.3, -0.25) is 13.7 Å². The standard InChI is InChI=1S/C25H19Cl3N6/c1-13-4-22-19(7-16(13)26)29-10-32(22)25(33-11-30-20-8-17(27)14(2)5-23(20)33)34-12-31-21-9-18(28)15(3)6-24(21)34/h4-12,25H,1-3H3. The molecule has 0 atom stereocenters. The molecule has 6 aromatic rings. The third-order valence-corrected chi connectivity index (χ3v) is 7.53. The van der Waals surface area contributed by atoms with E-state index in [0.29, 0.717) is 15.1 Å². The Bertz CT molecular complexity index is 1540. The maximum Gasteiger partial charge on any atom is 0.196 e. The maximum absolute atomic E-state index is 6.39. The molecule has 0 amide bonds. The van der Waals surface area contributed by atoms with Crippen molar-refractivity contribution in [2.75, 3.05) is 0 Å². The molecule has 3 aromatic heterocycles. The van der Waals surface area contributed by atoms with Crippen LogP contribution in [0.2, 0.25) is 15.1 Å². The Kier molecular flexibility index (Phi) is 4.88. The predicted molar refractivity (Wildman–Crippen MR) is 138 cm³/mol. The molecule has 0 fully saturated rings. The second-order valence-corrected chi connectivity index (χ2v) is 9.79. The van der Waals surface area contributed by atoms with E-state index in [1.165, 1.54) is 0 Å². The van der Waals surface area contributed by atoms with Gasteiger partial charge in [0.05, 0.1) is 52.1 Å². The van der Waals surface area contributed by atoms with Crippen LogP contribution in [0.4, 0.5) is 0 Å². The number of halogens is 3. The Hall–Kier alpha value is -3.06. The monoisotopic (exact) mass is 508 g/mol. The van der Waals surface area contributed by atoms with Crippen LogP contribution in [-0.4, -0.2) is 28.7 Å². The summed E-state index contributed by atoms with van der Waals surface area (Å²) in [6.07, 6.45) is 5.11. The van der Waals surface area contributed by atoms with E-state index in [0.717, 1.165) is 49.8 Å². The summed E-state index contributed by atoms with van der Waals surface area (Å²) in [6.45, 7) is 5.97. The summed E-state index contributed by atoms with van der Waals surface area (Å²) in [7, 11) is 0. The van der Waals surface area contributed by atoms with Gasteiger partial charge in [-0.1, -0.05) is 34.8 Å². The molecule has 0 aliphatic carbocycles. The van der Waals surface area contributed by atoms with E-state index in [4.69, 9.17) is 34.8 Å². The van der Waals surface area contributed by atoms with Crippen molar-refractivity contribution in [1.29, 1.82) is 0 Å². The molecule has 0 saturated heterocycles. The topological polar surface area (TPSA) is 53.5 Å². The summed E-state index contributed by atoms with van der Waals surface area (Å²) < 4.78 is 6.32. The lowest BCUT2D eigenvalue weighted by atomic mass is 10.2. The lowest BCUT2D eigenvalue weighted by molar-refractivity contribution is 0.394. The van der Waals surface area contributed by atoms with E-state index in [1.807, 2.05) is 58.0 Å². The van der Waals surface area contributed by atoms with E-state index < -0.39 is 0 Å². The van der Waals surface area contributed by atoms with E-state index in [2.05, 4.69) is 46.9 Å². The van der Waals surface area contributed by atoms with Crippen LogP contribution >= 0.6 is 34.8 Å². The Morgan fingerprint density at radius 3 is 1.12 bits per heavy atom. The second kappa shape index (κ2) is 7.73. The largest absolute Gasteiger partial charge is 0.291 e. The number of imidazole rings is 3. The minimum Gasteiger partial charge on any atom is -0.291 e. The average molecular weight is 510 g/mol. The van der Waals surface area contributed by atoms with Crippen molar-refractivity contribution < 1.29 is 0 Å². The van der Waals surface area contributed by atoms with E-state index >= 15 is 0 Å². The lowest BCUT2D eigenvalue weighted by Gasteiger charge is -2.24. The summed E-state index contributed by atoms with van der Waals surface area (Å²) in [5, 5.41) is 2.06. The van der Waals surface area contributed by atoms with Gasteiger partial charge in [0, 0.05) is 15.1 Å². The fourth-order valence-electron chi connectivity index (χ4n) is 4.41. The van der Waals surface area contributed by atoms with Crippen molar-refractivity contribution >= 4 is 67.9 Å². The van der Waals surface area contributed by atoms with Crippen molar-refractivity contribution in [2.45, 2.75) is 27.1 Å². The number of benzene rings is 3. The number of hydrogen-bond acceptors (Lipinski definition) is 3. The maximum atomic E-state index is 6.39. The van der Waals surface area contributed by atoms with Gasteiger partial charge in [-0.05, 0) is 73.9 Å². The van der Waals surface area contributed by atoms with Crippen LogP contribution < -0.4 is 0 Å². The highest BCUT2D eigenvalue weighted by molar-refractivity contribution is 6.32. The number of aromatic nitrogens is 6. The molecule has 9 heteroatoms. The van der Waals surface area contributed by atoms with Gasteiger partial charge in [-0.15, -0.1) is 0 Å². The van der Waals surface area contributed by atoms with Crippen molar-refractivity contribution in [3.63, 3.8) is 0 Å². The van der Waals surface area contributed by atoms with Crippen molar-refractivity contribution in [2.24, 2.45) is 0 Å². The van der Waals surface area contributed by atoms with Gasteiger partial charge in [0.15, 0.2) is 6.29 Å². The van der Waals surface area contributed by atoms with Crippen LogP contribution in [0, 0.1) is 20.8 Å². The predicted octanol–water partition coefficient (Wildman–Crippen LogP) is 7.17. The Labute approximate surface area is 210 Å². The van der Waals surface area contributed by atoms with Crippen molar-refractivity contribution in [3.05, 3.63) is 87.1 Å². The Balaban J connectivity index is 1.69. The number of hydrogen-bond donors (Lipinski definition) is 0. The van der Waals surface area contributed by atoms with Gasteiger partial charge in [0.2, 0.25) is 0 Å². The zero-order valence-corrected chi connectivity index (χ0v) is 20.9. The molecular weight excluding hydrogens is 491 g/mol. The highest BCUT2D eigenvalue weighted by Crippen LogP contribution is 2.32. The van der Waals surface area contributed by atoms with Gasteiger partial charge in [0.1, 0.15) is 0 Å². The zero-order valence-electron chi connectivity index (χ0n) is 18.6. The lowest BCUT2D eigenvalue weighted by Crippen LogP contribution is -2.24. The Morgan fingerprint density at radius 2 is 0.824 bits per heavy atom. The molecule has 0 aliphatic rings. The first kappa shape index (κ1) is 21.5. The molecule has 3 heterocycles. The van der Waals surface area contributed by atoms with Gasteiger partial charge in [-0.2, -0.15) is 0 Å². The molecule has 0 unspecified atom stereocenters. The zero-order chi connectivity index (χ0) is 23.7. The van der Waals surface area contributed by atoms with Crippen molar-refractivity contribution in [3.8, 4) is 0 Å². The van der Waals surface area contributed by atoms with E-state index in [9.17, 15) is 0 Å². The third kappa shape index (κ3) is 3.21. The van der Waals surface area contributed by atoms with E-state index in [-0.39, 0.29) is 6.29 Å². The molecule has 6 rings (SSSR count).